The van der Waals surface area contributed by atoms with Crippen LogP contribution in [0.1, 0.15) is 43.9 Å². The Morgan fingerprint density at radius 1 is 1.17 bits per heavy atom. The van der Waals surface area contributed by atoms with E-state index in [2.05, 4.69) is 0 Å². The van der Waals surface area contributed by atoms with E-state index in [4.69, 9.17) is 30.8 Å². The highest BCUT2D eigenvalue weighted by Crippen LogP contribution is 2.38. The van der Waals surface area contributed by atoms with Crippen LogP contribution in [-0.4, -0.2) is 31.4 Å². The van der Waals surface area contributed by atoms with Crippen LogP contribution in [0.2, 0.25) is 5.02 Å². The zero-order valence-electron chi connectivity index (χ0n) is 20.5. The van der Waals surface area contributed by atoms with Crippen molar-refractivity contribution in [2.24, 2.45) is 4.99 Å². The van der Waals surface area contributed by atoms with E-state index in [0.29, 0.717) is 49.1 Å². The van der Waals surface area contributed by atoms with Crippen molar-refractivity contribution in [3.63, 3.8) is 0 Å². The molecule has 0 unspecified atom stereocenters. The lowest BCUT2D eigenvalue weighted by Crippen LogP contribution is -2.40. The number of carbonyl (C=O) groups excluding carboxylic acids is 1. The first-order valence-electron chi connectivity index (χ1n) is 11.6. The fourth-order valence-corrected chi connectivity index (χ4v) is 5.42. The molecule has 0 saturated heterocycles. The molecule has 0 amide bonds. The SMILES string of the molecule is CCCC1=C(C(=O)OCC)[C@H](c2cc(Cl)ccc2OC)n2c(s/c(=C/c3cccc(OC)c3)c2=O)=N1. The van der Waals surface area contributed by atoms with E-state index in [0.717, 1.165) is 12.0 Å². The van der Waals surface area contributed by atoms with Gasteiger partial charge in [-0.25, -0.2) is 9.79 Å². The fourth-order valence-electron chi connectivity index (χ4n) is 4.22. The quantitative estimate of drug-likeness (QED) is 0.410. The van der Waals surface area contributed by atoms with Gasteiger partial charge in [-0.15, -0.1) is 0 Å². The van der Waals surface area contributed by atoms with Crippen LogP contribution in [0.5, 0.6) is 11.5 Å². The number of hydrogen-bond donors (Lipinski definition) is 0. The van der Waals surface area contributed by atoms with Gasteiger partial charge in [0.25, 0.3) is 5.56 Å². The summed E-state index contributed by atoms with van der Waals surface area (Å²) in [5.74, 6) is 0.679. The molecule has 0 radical (unpaired) electrons. The van der Waals surface area contributed by atoms with Gasteiger partial charge in [-0.3, -0.25) is 9.36 Å². The van der Waals surface area contributed by atoms with E-state index in [1.165, 1.54) is 15.9 Å². The largest absolute Gasteiger partial charge is 0.497 e. The maximum atomic E-state index is 13.8. The lowest BCUT2D eigenvalue weighted by Gasteiger charge is -2.27. The van der Waals surface area contributed by atoms with Crippen molar-refractivity contribution in [3.8, 4) is 11.5 Å². The van der Waals surface area contributed by atoms with Crippen molar-refractivity contribution in [1.82, 2.24) is 4.57 Å². The summed E-state index contributed by atoms with van der Waals surface area (Å²) in [6.45, 7) is 3.95. The molecule has 0 aliphatic carbocycles. The molecule has 7 nitrogen and oxygen atoms in total. The molecule has 1 aliphatic rings. The minimum absolute atomic E-state index is 0.196. The predicted octanol–water partition coefficient (Wildman–Crippen LogP) is 4.25. The van der Waals surface area contributed by atoms with E-state index in [9.17, 15) is 9.59 Å². The standard InChI is InChI=1S/C27H27ClN2O5S/c1-5-8-20-23(26(32)35-6-2)24(19-15-17(28)11-12-21(19)34-4)30-25(31)22(36-27(30)29-20)14-16-9-7-10-18(13-16)33-3/h7,9-15,24H,5-6,8H2,1-4H3/b22-14+/t24-/m0/s1. The number of carbonyl (C=O) groups is 1. The Labute approximate surface area is 217 Å². The highest BCUT2D eigenvalue weighted by atomic mass is 35.5. The Bertz CT molecular complexity index is 1510. The van der Waals surface area contributed by atoms with E-state index in [-0.39, 0.29) is 12.2 Å². The van der Waals surface area contributed by atoms with Crippen LogP contribution in [0.3, 0.4) is 0 Å². The molecule has 36 heavy (non-hydrogen) atoms. The van der Waals surface area contributed by atoms with E-state index >= 15 is 0 Å². The molecular formula is C27H27ClN2O5S. The minimum atomic E-state index is -0.803. The number of rotatable bonds is 8. The number of thiazole rings is 1. The Hall–Kier alpha value is -3.36. The molecule has 1 aromatic heterocycles. The lowest BCUT2D eigenvalue weighted by atomic mass is 9.93. The topological polar surface area (TPSA) is 79.1 Å². The second kappa shape index (κ2) is 11.1. The molecule has 3 aromatic rings. The Morgan fingerprint density at radius 2 is 1.97 bits per heavy atom. The molecule has 0 fully saturated rings. The monoisotopic (exact) mass is 526 g/mol. The number of ether oxygens (including phenoxy) is 3. The zero-order valence-corrected chi connectivity index (χ0v) is 22.1. The molecule has 0 saturated carbocycles. The lowest BCUT2D eigenvalue weighted by molar-refractivity contribution is -0.139. The van der Waals surface area contributed by atoms with Crippen molar-refractivity contribution in [3.05, 3.63) is 89.6 Å². The van der Waals surface area contributed by atoms with Crippen molar-refractivity contribution < 1.29 is 19.0 Å². The number of benzene rings is 2. The van der Waals surface area contributed by atoms with Gasteiger partial charge in [0.15, 0.2) is 4.80 Å². The number of fused-ring (bicyclic) bond motifs is 1. The van der Waals surface area contributed by atoms with Crippen LogP contribution in [0.15, 0.2) is 63.5 Å². The molecular weight excluding hydrogens is 500 g/mol. The number of methoxy groups -OCH3 is 2. The van der Waals surface area contributed by atoms with Crippen LogP contribution >= 0.6 is 22.9 Å². The summed E-state index contributed by atoms with van der Waals surface area (Å²) in [5.41, 5.74) is 2.04. The summed E-state index contributed by atoms with van der Waals surface area (Å²) in [6.07, 6.45) is 3.11. The average molecular weight is 527 g/mol. The van der Waals surface area contributed by atoms with Gasteiger partial charge < -0.3 is 14.2 Å². The molecule has 1 atom stereocenters. The molecule has 2 aromatic carbocycles. The van der Waals surface area contributed by atoms with Gasteiger partial charge in [-0.1, -0.05) is 48.4 Å². The predicted molar refractivity (Wildman–Crippen MR) is 141 cm³/mol. The van der Waals surface area contributed by atoms with Gasteiger partial charge in [0.2, 0.25) is 0 Å². The third-order valence-corrected chi connectivity index (χ3v) is 6.99. The van der Waals surface area contributed by atoms with Crippen molar-refractivity contribution >= 4 is 35.0 Å². The summed E-state index contributed by atoms with van der Waals surface area (Å²) >= 11 is 7.64. The third kappa shape index (κ3) is 4.96. The summed E-state index contributed by atoms with van der Waals surface area (Å²) in [7, 11) is 3.14. The molecule has 2 heterocycles. The van der Waals surface area contributed by atoms with Crippen LogP contribution < -0.4 is 24.4 Å². The van der Waals surface area contributed by atoms with Crippen molar-refractivity contribution in [2.45, 2.75) is 32.7 Å². The number of nitrogens with zero attached hydrogens (tertiary/aromatic N) is 2. The number of halogens is 1. The Balaban J connectivity index is 2.04. The number of aromatic nitrogens is 1. The Kier molecular flexibility index (Phi) is 7.96. The molecule has 0 N–H and O–H groups in total. The van der Waals surface area contributed by atoms with Gasteiger partial charge in [0, 0.05) is 10.6 Å². The number of esters is 1. The first-order chi connectivity index (χ1) is 17.4. The first-order valence-corrected chi connectivity index (χ1v) is 12.8. The maximum absolute atomic E-state index is 13.8. The van der Waals surface area contributed by atoms with Gasteiger partial charge in [-0.2, -0.15) is 0 Å². The molecule has 1 aliphatic heterocycles. The molecule has 4 rings (SSSR count). The van der Waals surface area contributed by atoms with Crippen molar-refractivity contribution in [1.29, 1.82) is 0 Å². The van der Waals surface area contributed by atoms with Crippen LogP contribution in [-0.2, 0) is 9.53 Å². The molecule has 9 heteroatoms. The summed E-state index contributed by atoms with van der Waals surface area (Å²) in [5, 5.41) is 0.460. The maximum Gasteiger partial charge on any atom is 0.338 e. The van der Waals surface area contributed by atoms with Gasteiger partial charge in [-0.05, 0) is 55.3 Å². The number of allylic oxidation sites excluding steroid dienone is 1. The summed E-state index contributed by atoms with van der Waals surface area (Å²) < 4.78 is 18.4. The highest BCUT2D eigenvalue weighted by Gasteiger charge is 2.36. The van der Waals surface area contributed by atoms with E-state index in [1.54, 1.807) is 45.4 Å². The fraction of sp³-hybridized carbons (Fsp3) is 0.296. The van der Waals surface area contributed by atoms with Crippen molar-refractivity contribution in [2.75, 3.05) is 20.8 Å². The molecule has 0 spiro atoms. The Morgan fingerprint density at radius 3 is 2.67 bits per heavy atom. The van der Waals surface area contributed by atoms with Crippen LogP contribution in [0, 0.1) is 0 Å². The zero-order chi connectivity index (χ0) is 25.8. The second-order valence-electron chi connectivity index (χ2n) is 8.08. The van der Waals surface area contributed by atoms with Gasteiger partial charge in [0.05, 0.1) is 36.6 Å². The summed E-state index contributed by atoms with van der Waals surface area (Å²) in [6, 6.07) is 11.8. The normalized spacial score (nSPS) is 15.4. The smallest absolute Gasteiger partial charge is 0.338 e. The molecule has 0 bridgehead atoms. The average Bonchev–Trinajstić information content (AvgIpc) is 3.18. The molecule has 188 valence electrons. The highest BCUT2D eigenvalue weighted by molar-refractivity contribution is 7.07. The van der Waals surface area contributed by atoms with E-state index in [1.807, 2.05) is 31.2 Å². The third-order valence-electron chi connectivity index (χ3n) is 5.77. The van der Waals surface area contributed by atoms with Crippen LogP contribution in [0.4, 0.5) is 0 Å². The minimum Gasteiger partial charge on any atom is -0.497 e. The van der Waals surface area contributed by atoms with Crippen LogP contribution in [0.25, 0.3) is 6.08 Å². The number of hydrogen-bond acceptors (Lipinski definition) is 7. The van der Waals surface area contributed by atoms with Gasteiger partial charge in [0.1, 0.15) is 17.5 Å². The second-order valence-corrected chi connectivity index (χ2v) is 9.52. The van der Waals surface area contributed by atoms with E-state index < -0.39 is 12.0 Å². The first kappa shape index (κ1) is 25.7. The summed E-state index contributed by atoms with van der Waals surface area (Å²) in [4.78, 5) is 32.4. The van der Waals surface area contributed by atoms with Gasteiger partial charge >= 0.3 is 5.97 Å².